The zero-order chi connectivity index (χ0) is 30.0. The van der Waals surface area contributed by atoms with Crippen LogP contribution in [0.3, 0.4) is 0 Å². The first-order valence-corrected chi connectivity index (χ1v) is 15.7. The van der Waals surface area contributed by atoms with E-state index < -0.39 is 0 Å². The summed E-state index contributed by atoms with van der Waals surface area (Å²) in [4.78, 5) is 15.7. The summed E-state index contributed by atoms with van der Waals surface area (Å²) in [6.45, 7) is 0. The van der Waals surface area contributed by atoms with Gasteiger partial charge in [-0.3, -0.25) is 4.98 Å². The third kappa shape index (κ3) is 5.55. The molecule has 5 aromatic carbocycles. The molecule has 45 heavy (non-hydrogen) atoms. The lowest BCUT2D eigenvalue weighted by molar-refractivity contribution is 1.18. The second-order valence-corrected chi connectivity index (χ2v) is 12.0. The van der Waals surface area contributed by atoms with Gasteiger partial charge in [0.2, 0.25) is 0 Å². The van der Waals surface area contributed by atoms with Gasteiger partial charge in [0, 0.05) is 38.7 Å². The van der Waals surface area contributed by atoms with Crippen LogP contribution in [0.25, 0.3) is 76.7 Å². The number of pyridine rings is 1. The fraction of sp³-hybridized carbons (Fsp3) is 0. The average molecular weight is 594 g/mol. The number of hydrogen-bond donors (Lipinski definition) is 0. The topological polar surface area (TPSA) is 38.7 Å². The summed E-state index contributed by atoms with van der Waals surface area (Å²) >= 11 is 1.82. The molecule has 0 aliphatic heterocycles. The predicted molar refractivity (Wildman–Crippen MR) is 188 cm³/mol. The van der Waals surface area contributed by atoms with Crippen molar-refractivity contribution in [2.75, 3.05) is 0 Å². The van der Waals surface area contributed by atoms with Crippen LogP contribution >= 0.6 is 11.3 Å². The average Bonchev–Trinajstić information content (AvgIpc) is 3.57. The Kier molecular flexibility index (Phi) is 7.02. The molecule has 0 fully saturated rings. The zero-order valence-corrected chi connectivity index (χ0v) is 25.2. The van der Waals surface area contributed by atoms with Crippen LogP contribution in [0, 0.1) is 0 Å². The molecule has 0 N–H and O–H groups in total. The van der Waals surface area contributed by atoms with Crippen molar-refractivity contribution in [3.8, 4) is 66.6 Å². The fourth-order valence-corrected chi connectivity index (χ4v) is 6.70. The van der Waals surface area contributed by atoms with Gasteiger partial charge in [-0.2, -0.15) is 0 Å². The van der Waals surface area contributed by atoms with Crippen LogP contribution < -0.4 is 0 Å². The van der Waals surface area contributed by atoms with E-state index in [-0.39, 0.29) is 0 Å². The van der Waals surface area contributed by atoms with Crippen LogP contribution in [0.5, 0.6) is 0 Å². The first-order chi connectivity index (χ1) is 22.3. The van der Waals surface area contributed by atoms with Crippen molar-refractivity contribution < 1.29 is 0 Å². The highest BCUT2D eigenvalue weighted by Gasteiger charge is 2.13. The minimum Gasteiger partial charge on any atom is -0.264 e. The molecular formula is C41H27N3S. The van der Waals surface area contributed by atoms with Gasteiger partial charge in [-0.1, -0.05) is 121 Å². The van der Waals surface area contributed by atoms with Crippen molar-refractivity contribution in [2.24, 2.45) is 0 Å². The van der Waals surface area contributed by atoms with Gasteiger partial charge in [0.15, 0.2) is 5.82 Å². The van der Waals surface area contributed by atoms with Crippen LogP contribution in [0.1, 0.15) is 0 Å². The van der Waals surface area contributed by atoms with Crippen molar-refractivity contribution in [2.45, 2.75) is 0 Å². The summed E-state index contributed by atoms with van der Waals surface area (Å²) in [5.41, 5.74) is 10.6. The lowest BCUT2D eigenvalue weighted by atomic mass is 10.00. The Balaban J connectivity index is 1.21. The van der Waals surface area contributed by atoms with E-state index in [1.165, 1.54) is 26.1 Å². The number of thiophene rings is 1. The van der Waals surface area contributed by atoms with Gasteiger partial charge in [0.1, 0.15) is 0 Å². The van der Waals surface area contributed by atoms with Gasteiger partial charge >= 0.3 is 0 Å². The fourth-order valence-electron chi connectivity index (χ4n) is 5.64. The molecule has 0 spiro atoms. The summed E-state index contributed by atoms with van der Waals surface area (Å²) in [6, 6.07) is 53.1. The Hall–Kier alpha value is -5.71. The number of fused-ring (bicyclic) bond motifs is 1. The monoisotopic (exact) mass is 593 g/mol. The summed E-state index contributed by atoms with van der Waals surface area (Å²) in [7, 11) is 0. The molecule has 3 nitrogen and oxygen atoms in total. The maximum absolute atomic E-state index is 5.10. The predicted octanol–water partition coefficient (Wildman–Crippen LogP) is 11.1. The SMILES string of the molecule is c1ccc(-c2cccc(-c3cc(-c4ccc(-c5cc6ccccc6s5)cc4)nc(-c4ccc(-c5cccnc5)cc4)n3)c2)cc1. The van der Waals surface area contributed by atoms with Gasteiger partial charge in [-0.05, 0) is 63.5 Å². The molecule has 0 bridgehead atoms. The van der Waals surface area contributed by atoms with Gasteiger partial charge in [-0.15, -0.1) is 11.3 Å². The van der Waals surface area contributed by atoms with Crippen molar-refractivity contribution in [3.63, 3.8) is 0 Å². The molecule has 0 aliphatic rings. The summed E-state index contributed by atoms with van der Waals surface area (Å²) < 4.78 is 1.30. The lowest BCUT2D eigenvalue weighted by Gasteiger charge is -2.11. The second kappa shape index (κ2) is 11.8. The molecule has 0 amide bonds. The zero-order valence-electron chi connectivity index (χ0n) is 24.3. The van der Waals surface area contributed by atoms with Crippen molar-refractivity contribution in [1.82, 2.24) is 15.0 Å². The van der Waals surface area contributed by atoms with Crippen molar-refractivity contribution in [1.29, 1.82) is 0 Å². The molecule has 0 radical (unpaired) electrons. The first-order valence-electron chi connectivity index (χ1n) is 14.9. The second-order valence-electron chi connectivity index (χ2n) is 11.0. The highest BCUT2D eigenvalue weighted by atomic mass is 32.1. The largest absolute Gasteiger partial charge is 0.264 e. The maximum Gasteiger partial charge on any atom is 0.160 e. The molecule has 8 aromatic rings. The van der Waals surface area contributed by atoms with Gasteiger partial charge < -0.3 is 0 Å². The van der Waals surface area contributed by atoms with E-state index in [4.69, 9.17) is 9.97 Å². The Morgan fingerprint density at radius 2 is 1.02 bits per heavy atom. The molecule has 0 saturated carbocycles. The molecule has 4 heteroatoms. The molecule has 0 saturated heterocycles. The van der Waals surface area contributed by atoms with E-state index in [9.17, 15) is 0 Å². The number of hydrogen-bond acceptors (Lipinski definition) is 4. The lowest BCUT2D eigenvalue weighted by Crippen LogP contribution is -1.96. The number of rotatable bonds is 6. The molecule has 212 valence electrons. The molecule has 3 aromatic heterocycles. The Morgan fingerprint density at radius 1 is 0.400 bits per heavy atom. The van der Waals surface area contributed by atoms with E-state index >= 15 is 0 Å². The maximum atomic E-state index is 5.10. The quantitative estimate of drug-likeness (QED) is 0.192. The van der Waals surface area contributed by atoms with E-state index in [0.717, 1.165) is 44.8 Å². The Labute approximate surface area is 266 Å². The molecule has 0 atom stereocenters. The van der Waals surface area contributed by atoms with Gasteiger partial charge in [-0.25, -0.2) is 9.97 Å². The van der Waals surface area contributed by atoms with E-state index in [1.807, 2.05) is 29.7 Å². The molecule has 8 rings (SSSR count). The van der Waals surface area contributed by atoms with Crippen molar-refractivity contribution >= 4 is 21.4 Å². The molecule has 0 unspecified atom stereocenters. The van der Waals surface area contributed by atoms with Crippen LogP contribution in [0.2, 0.25) is 0 Å². The Morgan fingerprint density at radius 3 is 1.80 bits per heavy atom. The van der Waals surface area contributed by atoms with Crippen LogP contribution in [-0.4, -0.2) is 15.0 Å². The molecular weight excluding hydrogens is 567 g/mol. The minimum absolute atomic E-state index is 0.693. The van der Waals surface area contributed by atoms with E-state index in [2.05, 4.69) is 145 Å². The van der Waals surface area contributed by atoms with Gasteiger partial charge in [0.05, 0.1) is 11.4 Å². The van der Waals surface area contributed by atoms with Crippen LogP contribution in [0.15, 0.2) is 164 Å². The summed E-state index contributed by atoms with van der Waals surface area (Å²) in [6.07, 6.45) is 3.67. The highest BCUT2D eigenvalue weighted by molar-refractivity contribution is 7.22. The normalized spacial score (nSPS) is 11.1. The van der Waals surface area contributed by atoms with E-state index in [0.29, 0.717) is 5.82 Å². The van der Waals surface area contributed by atoms with Gasteiger partial charge in [0.25, 0.3) is 0 Å². The summed E-state index contributed by atoms with van der Waals surface area (Å²) in [5, 5.41) is 1.28. The van der Waals surface area contributed by atoms with Crippen molar-refractivity contribution in [3.05, 3.63) is 164 Å². The van der Waals surface area contributed by atoms with Crippen LogP contribution in [0.4, 0.5) is 0 Å². The van der Waals surface area contributed by atoms with Crippen LogP contribution in [-0.2, 0) is 0 Å². The smallest absolute Gasteiger partial charge is 0.160 e. The minimum atomic E-state index is 0.693. The van der Waals surface area contributed by atoms with E-state index in [1.54, 1.807) is 6.20 Å². The molecule has 0 aliphatic carbocycles. The third-order valence-electron chi connectivity index (χ3n) is 8.02. The number of benzene rings is 5. The standard InChI is InChI=1S/C41H27N3S/c1-2-8-28(9-3-1)33-11-6-12-34(24-33)38-26-37(30-17-19-31(20-18-30)40-25-35-10-4-5-14-39(35)45-40)43-41(44-38)32-21-15-29(16-22-32)36-13-7-23-42-27-36/h1-27H. The third-order valence-corrected chi connectivity index (χ3v) is 9.19. The number of aromatic nitrogens is 3. The highest BCUT2D eigenvalue weighted by Crippen LogP contribution is 2.35. The number of nitrogens with zero attached hydrogens (tertiary/aromatic N) is 3. The molecule has 3 heterocycles. The summed E-state index contributed by atoms with van der Waals surface area (Å²) in [5.74, 6) is 0.693. The first kappa shape index (κ1) is 26.9. The Bertz CT molecular complexity index is 2210.